The number of aromatic nitrogens is 3. The molecule has 2 heterocycles. The molecule has 0 bridgehead atoms. The van der Waals surface area contributed by atoms with Crippen molar-refractivity contribution in [3.8, 4) is 0 Å². The Morgan fingerprint density at radius 3 is 2.57 bits per heavy atom. The standard InChI is InChI=1S/C14H20N4O2S/c1-5-11-14(13(6-2)18(4)16-11)21(19,20)17-12-9-15-8-7-10(12)3/h7-9,17H,5-6H2,1-4H3. The molecule has 0 aromatic carbocycles. The lowest BCUT2D eigenvalue weighted by Gasteiger charge is -2.11. The zero-order valence-corrected chi connectivity index (χ0v) is 13.5. The van der Waals surface area contributed by atoms with E-state index in [1.54, 1.807) is 24.0 Å². The highest BCUT2D eigenvalue weighted by molar-refractivity contribution is 7.92. The van der Waals surface area contributed by atoms with Crippen molar-refractivity contribution in [3.63, 3.8) is 0 Å². The maximum Gasteiger partial charge on any atom is 0.265 e. The van der Waals surface area contributed by atoms with Gasteiger partial charge in [0.15, 0.2) is 0 Å². The molecule has 0 fully saturated rings. The summed E-state index contributed by atoms with van der Waals surface area (Å²) >= 11 is 0. The predicted octanol–water partition coefficient (Wildman–Crippen LogP) is 2.05. The number of aryl methyl sites for hydroxylation is 3. The molecule has 0 aliphatic heterocycles. The van der Waals surface area contributed by atoms with Crippen LogP contribution in [0.15, 0.2) is 23.4 Å². The summed E-state index contributed by atoms with van der Waals surface area (Å²) in [6.07, 6.45) is 4.31. The fourth-order valence-electron chi connectivity index (χ4n) is 2.30. The average Bonchev–Trinajstić information content (AvgIpc) is 2.78. The predicted molar refractivity (Wildman–Crippen MR) is 81.7 cm³/mol. The third-order valence-corrected chi connectivity index (χ3v) is 4.90. The zero-order valence-electron chi connectivity index (χ0n) is 12.7. The first-order valence-corrected chi connectivity index (χ1v) is 8.37. The summed E-state index contributed by atoms with van der Waals surface area (Å²) < 4.78 is 29.7. The van der Waals surface area contributed by atoms with Gasteiger partial charge < -0.3 is 0 Å². The first kappa shape index (κ1) is 15.5. The smallest absolute Gasteiger partial charge is 0.265 e. The summed E-state index contributed by atoms with van der Waals surface area (Å²) in [4.78, 5) is 4.26. The molecule has 0 saturated heterocycles. The van der Waals surface area contributed by atoms with Crippen LogP contribution in [-0.2, 0) is 29.9 Å². The SMILES string of the molecule is CCc1nn(C)c(CC)c1S(=O)(=O)Nc1cnccc1C. The first-order chi connectivity index (χ1) is 9.90. The lowest BCUT2D eigenvalue weighted by Crippen LogP contribution is -2.17. The number of hydrogen-bond acceptors (Lipinski definition) is 4. The van der Waals surface area contributed by atoms with Crippen molar-refractivity contribution >= 4 is 15.7 Å². The van der Waals surface area contributed by atoms with Crippen LogP contribution < -0.4 is 4.72 Å². The van der Waals surface area contributed by atoms with E-state index in [0.29, 0.717) is 34.8 Å². The summed E-state index contributed by atoms with van der Waals surface area (Å²) in [5.41, 5.74) is 2.61. The van der Waals surface area contributed by atoms with Crippen LogP contribution in [0.5, 0.6) is 0 Å². The van der Waals surface area contributed by atoms with Crippen LogP contribution in [0.1, 0.15) is 30.8 Å². The molecule has 114 valence electrons. The number of rotatable bonds is 5. The van der Waals surface area contributed by atoms with Gasteiger partial charge in [0.25, 0.3) is 10.0 Å². The van der Waals surface area contributed by atoms with E-state index < -0.39 is 10.0 Å². The third-order valence-electron chi connectivity index (χ3n) is 3.41. The minimum atomic E-state index is -3.67. The molecule has 1 N–H and O–H groups in total. The van der Waals surface area contributed by atoms with Crippen LogP contribution in [0, 0.1) is 6.92 Å². The van der Waals surface area contributed by atoms with E-state index in [4.69, 9.17) is 0 Å². The molecule has 0 aliphatic rings. The van der Waals surface area contributed by atoms with E-state index in [1.807, 2.05) is 20.8 Å². The van der Waals surface area contributed by atoms with Gasteiger partial charge in [-0.1, -0.05) is 13.8 Å². The highest BCUT2D eigenvalue weighted by Crippen LogP contribution is 2.25. The molecule has 2 aromatic heterocycles. The quantitative estimate of drug-likeness (QED) is 0.917. The Labute approximate surface area is 125 Å². The number of anilines is 1. The van der Waals surface area contributed by atoms with Gasteiger partial charge in [-0.05, 0) is 31.4 Å². The minimum Gasteiger partial charge on any atom is -0.278 e. The topological polar surface area (TPSA) is 76.9 Å². The van der Waals surface area contributed by atoms with Crippen LogP contribution in [0.25, 0.3) is 0 Å². The first-order valence-electron chi connectivity index (χ1n) is 6.88. The van der Waals surface area contributed by atoms with Crippen LogP contribution in [0.2, 0.25) is 0 Å². The molecule has 21 heavy (non-hydrogen) atoms. The van der Waals surface area contributed by atoms with Gasteiger partial charge in [0.05, 0.1) is 23.3 Å². The van der Waals surface area contributed by atoms with Crippen molar-refractivity contribution in [2.75, 3.05) is 4.72 Å². The van der Waals surface area contributed by atoms with E-state index in [2.05, 4.69) is 14.8 Å². The third kappa shape index (κ3) is 2.92. The molecule has 0 aliphatic carbocycles. The number of sulfonamides is 1. The van der Waals surface area contributed by atoms with Crippen molar-refractivity contribution < 1.29 is 8.42 Å². The maximum atomic E-state index is 12.7. The number of nitrogens with one attached hydrogen (secondary N) is 1. The monoisotopic (exact) mass is 308 g/mol. The molecular formula is C14H20N4O2S. The maximum absolute atomic E-state index is 12.7. The Kier molecular flexibility index (Phi) is 4.32. The second-order valence-electron chi connectivity index (χ2n) is 4.85. The van der Waals surface area contributed by atoms with E-state index >= 15 is 0 Å². The Bertz CT molecular complexity index is 750. The van der Waals surface area contributed by atoms with Crippen molar-refractivity contribution in [2.45, 2.75) is 38.5 Å². The summed E-state index contributed by atoms with van der Waals surface area (Å²) in [5.74, 6) is 0. The summed E-state index contributed by atoms with van der Waals surface area (Å²) in [7, 11) is -1.90. The molecule has 2 aromatic rings. The van der Waals surface area contributed by atoms with Crippen LogP contribution in [0.3, 0.4) is 0 Å². The molecule has 0 unspecified atom stereocenters. The van der Waals surface area contributed by atoms with Crippen molar-refractivity contribution in [1.29, 1.82) is 0 Å². The van der Waals surface area contributed by atoms with Crippen molar-refractivity contribution in [3.05, 3.63) is 35.4 Å². The molecule has 6 nitrogen and oxygen atoms in total. The van der Waals surface area contributed by atoms with Crippen molar-refractivity contribution in [1.82, 2.24) is 14.8 Å². The van der Waals surface area contributed by atoms with Crippen LogP contribution >= 0.6 is 0 Å². The van der Waals surface area contributed by atoms with Crippen molar-refractivity contribution in [2.24, 2.45) is 7.05 Å². The lowest BCUT2D eigenvalue weighted by atomic mass is 10.2. The molecule has 0 amide bonds. The molecule has 0 radical (unpaired) electrons. The zero-order chi connectivity index (χ0) is 15.6. The average molecular weight is 308 g/mol. The fraction of sp³-hybridized carbons (Fsp3) is 0.429. The van der Waals surface area contributed by atoms with Gasteiger partial charge in [0, 0.05) is 13.2 Å². The molecular weight excluding hydrogens is 288 g/mol. The Hall–Kier alpha value is -1.89. The van der Waals surface area contributed by atoms with Gasteiger partial charge in [-0.2, -0.15) is 5.10 Å². The summed E-state index contributed by atoms with van der Waals surface area (Å²) in [6, 6.07) is 1.77. The van der Waals surface area contributed by atoms with Crippen LogP contribution in [0.4, 0.5) is 5.69 Å². The second kappa shape index (κ2) is 5.85. The molecule has 0 atom stereocenters. The van der Waals surface area contributed by atoms with E-state index in [1.165, 1.54) is 6.20 Å². The second-order valence-corrected chi connectivity index (χ2v) is 6.47. The van der Waals surface area contributed by atoms with Gasteiger partial charge in [-0.25, -0.2) is 8.42 Å². The number of nitrogens with zero attached hydrogens (tertiary/aromatic N) is 3. The number of hydrogen-bond donors (Lipinski definition) is 1. The number of pyridine rings is 1. The van der Waals surface area contributed by atoms with Gasteiger partial charge in [0.2, 0.25) is 0 Å². The largest absolute Gasteiger partial charge is 0.278 e. The van der Waals surface area contributed by atoms with Gasteiger partial charge in [-0.3, -0.25) is 14.4 Å². The van der Waals surface area contributed by atoms with E-state index in [0.717, 1.165) is 5.56 Å². The Morgan fingerprint density at radius 1 is 1.29 bits per heavy atom. The molecule has 0 spiro atoms. The highest BCUT2D eigenvalue weighted by Gasteiger charge is 2.26. The summed E-state index contributed by atoms with van der Waals surface area (Å²) in [6.45, 7) is 5.66. The lowest BCUT2D eigenvalue weighted by molar-refractivity contribution is 0.598. The van der Waals surface area contributed by atoms with Gasteiger partial charge >= 0.3 is 0 Å². The Morgan fingerprint density at radius 2 is 2.00 bits per heavy atom. The van der Waals surface area contributed by atoms with Crippen LogP contribution in [-0.4, -0.2) is 23.2 Å². The molecule has 2 rings (SSSR count). The van der Waals surface area contributed by atoms with E-state index in [9.17, 15) is 8.42 Å². The minimum absolute atomic E-state index is 0.290. The normalized spacial score (nSPS) is 11.6. The fourth-order valence-corrected chi connectivity index (χ4v) is 3.99. The summed E-state index contributed by atoms with van der Waals surface area (Å²) in [5, 5.41) is 4.31. The Balaban J connectivity index is 2.52. The van der Waals surface area contributed by atoms with Gasteiger partial charge in [-0.15, -0.1) is 0 Å². The van der Waals surface area contributed by atoms with Gasteiger partial charge in [0.1, 0.15) is 4.90 Å². The highest BCUT2D eigenvalue weighted by atomic mass is 32.2. The van der Waals surface area contributed by atoms with E-state index in [-0.39, 0.29) is 0 Å². The molecule has 7 heteroatoms. The molecule has 0 saturated carbocycles.